The molecule has 0 aromatic carbocycles. The SMILES string of the molecule is CCC1NC(c2ccc(C)cn2)CNC1=O. The Balaban J connectivity index is 2.11. The minimum absolute atomic E-state index is 0.0888. The molecule has 2 N–H and O–H groups in total. The van der Waals surface area contributed by atoms with Gasteiger partial charge in [-0.1, -0.05) is 13.0 Å². The lowest BCUT2D eigenvalue weighted by molar-refractivity contribution is -0.125. The summed E-state index contributed by atoms with van der Waals surface area (Å²) < 4.78 is 0. The van der Waals surface area contributed by atoms with Crippen molar-refractivity contribution in [2.45, 2.75) is 32.4 Å². The van der Waals surface area contributed by atoms with Crippen molar-refractivity contribution in [3.63, 3.8) is 0 Å². The predicted octanol–water partition coefficient (Wildman–Crippen LogP) is 0.929. The van der Waals surface area contributed by atoms with Crippen molar-refractivity contribution in [2.24, 2.45) is 0 Å². The number of hydrogen-bond acceptors (Lipinski definition) is 3. The Bertz CT molecular complexity index is 374. The summed E-state index contributed by atoms with van der Waals surface area (Å²) in [5, 5.41) is 6.22. The number of hydrogen-bond donors (Lipinski definition) is 2. The highest BCUT2D eigenvalue weighted by Crippen LogP contribution is 2.14. The molecule has 16 heavy (non-hydrogen) atoms. The number of nitrogens with one attached hydrogen (secondary N) is 2. The molecule has 1 amide bonds. The van der Waals surface area contributed by atoms with Gasteiger partial charge in [-0.15, -0.1) is 0 Å². The predicted molar refractivity (Wildman–Crippen MR) is 61.9 cm³/mol. The Hall–Kier alpha value is -1.42. The lowest BCUT2D eigenvalue weighted by Crippen LogP contribution is -2.54. The minimum atomic E-state index is -0.0955. The highest BCUT2D eigenvalue weighted by Gasteiger charge is 2.27. The minimum Gasteiger partial charge on any atom is -0.353 e. The quantitative estimate of drug-likeness (QED) is 0.778. The molecule has 0 saturated carbocycles. The molecular formula is C12H17N3O. The Kier molecular flexibility index (Phi) is 3.19. The summed E-state index contributed by atoms with van der Waals surface area (Å²) in [6.45, 7) is 4.63. The molecule has 2 heterocycles. The Morgan fingerprint density at radius 1 is 1.50 bits per heavy atom. The van der Waals surface area contributed by atoms with E-state index in [0.29, 0.717) is 6.54 Å². The molecule has 86 valence electrons. The third-order valence-electron chi connectivity index (χ3n) is 2.90. The number of aromatic nitrogens is 1. The van der Waals surface area contributed by atoms with Crippen LogP contribution in [0.3, 0.4) is 0 Å². The summed E-state index contributed by atoms with van der Waals surface area (Å²) >= 11 is 0. The molecule has 1 aliphatic heterocycles. The van der Waals surface area contributed by atoms with E-state index in [1.165, 1.54) is 0 Å². The number of amides is 1. The van der Waals surface area contributed by atoms with E-state index >= 15 is 0 Å². The first-order valence-electron chi connectivity index (χ1n) is 5.67. The molecule has 4 heteroatoms. The number of rotatable bonds is 2. The van der Waals surface area contributed by atoms with Crippen LogP contribution in [0.1, 0.15) is 30.6 Å². The van der Waals surface area contributed by atoms with Gasteiger partial charge >= 0.3 is 0 Å². The lowest BCUT2D eigenvalue weighted by Gasteiger charge is -2.30. The zero-order valence-electron chi connectivity index (χ0n) is 9.66. The first-order valence-corrected chi connectivity index (χ1v) is 5.67. The van der Waals surface area contributed by atoms with Crippen molar-refractivity contribution >= 4 is 5.91 Å². The number of pyridine rings is 1. The van der Waals surface area contributed by atoms with Crippen molar-refractivity contribution in [3.05, 3.63) is 29.6 Å². The fourth-order valence-corrected chi connectivity index (χ4v) is 1.88. The van der Waals surface area contributed by atoms with Crippen LogP contribution in [0.4, 0.5) is 0 Å². The van der Waals surface area contributed by atoms with Crippen LogP contribution < -0.4 is 10.6 Å². The maximum atomic E-state index is 11.5. The van der Waals surface area contributed by atoms with Gasteiger partial charge in [0.05, 0.1) is 17.8 Å². The number of aryl methyl sites for hydroxylation is 1. The van der Waals surface area contributed by atoms with Crippen molar-refractivity contribution in [3.8, 4) is 0 Å². The average molecular weight is 219 g/mol. The summed E-state index contributed by atoms with van der Waals surface area (Å²) in [5.41, 5.74) is 2.14. The zero-order chi connectivity index (χ0) is 11.5. The van der Waals surface area contributed by atoms with Crippen LogP contribution in [0.15, 0.2) is 18.3 Å². The first kappa shape index (κ1) is 11.1. The second-order valence-electron chi connectivity index (χ2n) is 4.19. The maximum absolute atomic E-state index is 11.5. The van der Waals surface area contributed by atoms with Crippen LogP contribution in [0, 0.1) is 6.92 Å². The molecule has 2 unspecified atom stereocenters. The van der Waals surface area contributed by atoms with E-state index in [4.69, 9.17) is 0 Å². The lowest BCUT2D eigenvalue weighted by atomic mass is 10.1. The van der Waals surface area contributed by atoms with Gasteiger partial charge in [0, 0.05) is 12.7 Å². The molecule has 1 fully saturated rings. The normalized spacial score (nSPS) is 25.2. The summed E-state index contributed by atoms with van der Waals surface area (Å²) in [6, 6.07) is 4.09. The Morgan fingerprint density at radius 3 is 2.94 bits per heavy atom. The highest BCUT2D eigenvalue weighted by atomic mass is 16.2. The molecule has 0 aliphatic carbocycles. The summed E-state index contributed by atoms with van der Waals surface area (Å²) in [4.78, 5) is 15.8. The van der Waals surface area contributed by atoms with Crippen molar-refractivity contribution in [1.82, 2.24) is 15.6 Å². The second-order valence-corrected chi connectivity index (χ2v) is 4.19. The second kappa shape index (κ2) is 4.61. The largest absolute Gasteiger partial charge is 0.353 e. The molecule has 0 radical (unpaired) electrons. The fraction of sp³-hybridized carbons (Fsp3) is 0.500. The van der Waals surface area contributed by atoms with Gasteiger partial charge < -0.3 is 5.32 Å². The van der Waals surface area contributed by atoms with Crippen molar-refractivity contribution in [1.29, 1.82) is 0 Å². The number of carbonyl (C=O) groups excluding carboxylic acids is 1. The molecule has 4 nitrogen and oxygen atoms in total. The molecule has 1 aromatic rings. The van der Waals surface area contributed by atoms with Crippen LogP contribution in [-0.4, -0.2) is 23.5 Å². The average Bonchev–Trinajstić information content (AvgIpc) is 2.31. The van der Waals surface area contributed by atoms with E-state index in [1.807, 2.05) is 32.2 Å². The van der Waals surface area contributed by atoms with Gasteiger partial charge in [0.15, 0.2) is 0 Å². The molecule has 0 bridgehead atoms. The van der Waals surface area contributed by atoms with Crippen molar-refractivity contribution < 1.29 is 4.79 Å². The third kappa shape index (κ3) is 2.22. The van der Waals surface area contributed by atoms with Gasteiger partial charge in [0.25, 0.3) is 0 Å². The van der Waals surface area contributed by atoms with Crippen LogP contribution >= 0.6 is 0 Å². The standard InChI is InChI=1S/C12H17N3O/c1-3-9-12(16)14-7-11(15-9)10-5-4-8(2)6-13-10/h4-6,9,11,15H,3,7H2,1-2H3,(H,14,16). The molecule has 0 spiro atoms. The smallest absolute Gasteiger partial charge is 0.237 e. The van der Waals surface area contributed by atoms with Gasteiger partial charge in [0.2, 0.25) is 5.91 Å². The van der Waals surface area contributed by atoms with E-state index in [1.54, 1.807) is 0 Å². The number of nitrogens with zero attached hydrogens (tertiary/aromatic N) is 1. The maximum Gasteiger partial charge on any atom is 0.237 e. The fourth-order valence-electron chi connectivity index (χ4n) is 1.88. The molecule has 2 rings (SSSR count). The first-order chi connectivity index (χ1) is 7.70. The molecule has 1 aromatic heterocycles. The van der Waals surface area contributed by atoms with Gasteiger partial charge in [0.1, 0.15) is 0 Å². The zero-order valence-corrected chi connectivity index (χ0v) is 9.66. The summed E-state index contributed by atoms with van der Waals surface area (Å²) in [6.07, 6.45) is 2.66. The van der Waals surface area contributed by atoms with Crippen LogP contribution in [0.25, 0.3) is 0 Å². The van der Waals surface area contributed by atoms with E-state index in [9.17, 15) is 4.79 Å². The monoisotopic (exact) mass is 219 g/mol. The van der Waals surface area contributed by atoms with E-state index < -0.39 is 0 Å². The number of carbonyl (C=O) groups is 1. The van der Waals surface area contributed by atoms with Gasteiger partial charge in [-0.05, 0) is 25.0 Å². The van der Waals surface area contributed by atoms with Crippen LogP contribution in [0.2, 0.25) is 0 Å². The molecular weight excluding hydrogens is 202 g/mol. The Labute approximate surface area is 95.5 Å². The Morgan fingerprint density at radius 2 is 2.31 bits per heavy atom. The van der Waals surface area contributed by atoms with E-state index in [0.717, 1.165) is 17.7 Å². The van der Waals surface area contributed by atoms with Gasteiger partial charge in [-0.2, -0.15) is 0 Å². The topological polar surface area (TPSA) is 54.0 Å². The van der Waals surface area contributed by atoms with Crippen LogP contribution in [-0.2, 0) is 4.79 Å². The van der Waals surface area contributed by atoms with Gasteiger partial charge in [-0.3, -0.25) is 15.1 Å². The summed E-state index contributed by atoms with van der Waals surface area (Å²) in [5.74, 6) is 0.0888. The molecule has 1 aliphatic rings. The summed E-state index contributed by atoms with van der Waals surface area (Å²) in [7, 11) is 0. The molecule has 1 saturated heterocycles. The number of piperazine rings is 1. The van der Waals surface area contributed by atoms with Crippen molar-refractivity contribution in [2.75, 3.05) is 6.54 Å². The molecule has 2 atom stereocenters. The van der Waals surface area contributed by atoms with E-state index in [2.05, 4.69) is 15.6 Å². The van der Waals surface area contributed by atoms with Crippen LogP contribution in [0.5, 0.6) is 0 Å². The highest BCUT2D eigenvalue weighted by molar-refractivity contribution is 5.82. The van der Waals surface area contributed by atoms with Gasteiger partial charge in [-0.25, -0.2) is 0 Å². The van der Waals surface area contributed by atoms with E-state index in [-0.39, 0.29) is 18.0 Å². The third-order valence-corrected chi connectivity index (χ3v) is 2.90.